The molecule has 0 atom stereocenters. The lowest BCUT2D eigenvalue weighted by atomic mass is 9.77. The Kier molecular flexibility index (Phi) is 2.48. The Morgan fingerprint density at radius 3 is 2.81 bits per heavy atom. The van der Waals surface area contributed by atoms with Gasteiger partial charge in [0.15, 0.2) is 0 Å². The largest absolute Gasteiger partial charge is 0.492 e. The van der Waals surface area contributed by atoms with E-state index >= 15 is 0 Å². The Hall–Kier alpha value is -1.40. The van der Waals surface area contributed by atoms with Gasteiger partial charge in [-0.25, -0.2) is 4.39 Å². The maximum atomic E-state index is 13.8. The molecule has 2 rings (SSSR count). The Balaban J connectivity index is 2.62. The standard InChI is InChI=1S/C10H11BFNO3/c1-10(2)9-7(11(14)16-10)3-6(5-13-15)4-8(9)12/h3-5,14-15H,1-2H3. The number of fused-ring (bicyclic) bond motifs is 1. The van der Waals surface area contributed by atoms with Gasteiger partial charge in [0.05, 0.1) is 11.8 Å². The van der Waals surface area contributed by atoms with Crippen molar-refractivity contribution in [3.05, 3.63) is 29.1 Å². The van der Waals surface area contributed by atoms with E-state index in [1.165, 1.54) is 12.1 Å². The zero-order chi connectivity index (χ0) is 11.9. The van der Waals surface area contributed by atoms with Gasteiger partial charge in [0.2, 0.25) is 0 Å². The molecule has 0 bridgehead atoms. The van der Waals surface area contributed by atoms with Crippen molar-refractivity contribution in [3.8, 4) is 0 Å². The topological polar surface area (TPSA) is 62.0 Å². The van der Waals surface area contributed by atoms with Crippen molar-refractivity contribution < 1.29 is 19.3 Å². The van der Waals surface area contributed by atoms with E-state index in [1.54, 1.807) is 13.8 Å². The molecule has 0 spiro atoms. The molecule has 1 aliphatic heterocycles. The van der Waals surface area contributed by atoms with E-state index in [1.807, 2.05) is 0 Å². The molecule has 1 heterocycles. The summed E-state index contributed by atoms with van der Waals surface area (Å²) in [6.45, 7) is 3.37. The second-order valence-corrected chi connectivity index (χ2v) is 4.19. The molecule has 0 fully saturated rings. The van der Waals surface area contributed by atoms with Crippen molar-refractivity contribution in [1.29, 1.82) is 0 Å². The number of hydrogen-bond acceptors (Lipinski definition) is 4. The number of benzene rings is 1. The number of oxime groups is 1. The van der Waals surface area contributed by atoms with Gasteiger partial charge in [-0.3, -0.25) is 0 Å². The minimum atomic E-state index is -1.15. The van der Waals surface area contributed by atoms with Crippen LogP contribution in [0.4, 0.5) is 4.39 Å². The Morgan fingerprint density at radius 2 is 2.19 bits per heavy atom. The predicted molar refractivity (Wildman–Crippen MR) is 57.5 cm³/mol. The van der Waals surface area contributed by atoms with Crippen LogP contribution in [-0.2, 0) is 10.3 Å². The maximum Gasteiger partial charge on any atom is 0.492 e. The molecule has 6 heteroatoms. The van der Waals surface area contributed by atoms with Gasteiger partial charge >= 0.3 is 7.12 Å². The van der Waals surface area contributed by atoms with Crippen LogP contribution in [-0.4, -0.2) is 23.6 Å². The number of nitrogens with zero attached hydrogens (tertiary/aromatic N) is 1. The van der Waals surface area contributed by atoms with Crippen LogP contribution in [0.5, 0.6) is 0 Å². The number of rotatable bonds is 1. The molecule has 4 nitrogen and oxygen atoms in total. The van der Waals surface area contributed by atoms with Crippen molar-refractivity contribution in [1.82, 2.24) is 0 Å². The highest BCUT2D eigenvalue weighted by Crippen LogP contribution is 2.31. The summed E-state index contributed by atoms with van der Waals surface area (Å²) >= 11 is 0. The highest BCUT2D eigenvalue weighted by Gasteiger charge is 2.42. The lowest BCUT2D eigenvalue weighted by Gasteiger charge is -2.20. The third-order valence-corrected chi connectivity index (χ3v) is 2.62. The van der Waals surface area contributed by atoms with Gasteiger partial charge in [0.25, 0.3) is 0 Å². The first kappa shape index (κ1) is 11.1. The van der Waals surface area contributed by atoms with Crippen LogP contribution in [0.2, 0.25) is 0 Å². The first-order valence-electron chi connectivity index (χ1n) is 4.83. The van der Waals surface area contributed by atoms with E-state index in [0.717, 1.165) is 6.21 Å². The summed E-state index contributed by atoms with van der Waals surface area (Å²) in [6.07, 6.45) is 1.10. The van der Waals surface area contributed by atoms with Crippen LogP contribution >= 0.6 is 0 Å². The zero-order valence-corrected chi connectivity index (χ0v) is 8.94. The summed E-state index contributed by atoms with van der Waals surface area (Å²) in [5.41, 5.74) is 0.238. The highest BCUT2D eigenvalue weighted by molar-refractivity contribution is 6.62. The Morgan fingerprint density at radius 1 is 1.50 bits per heavy atom. The fraction of sp³-hybridized carbons (Fsp3) is 0.300. The fourth-order valence-electron chi connectivity index (χ4n) is 2.02. The first-order chi connectivity index (χ1) is 7.45. The molecule has 0 unspecified atom stereocenters. The lowest BCUT2D eigenvalue weighted by molar-refractivity contribution is 0.0974. The van der Waals surface area contributed by atoms with E-state index in [0.29, 0.717) is 16.6 Å². The third-order valence-electron chi connectivity index (χ3n) is 2.62. The summed E-state index contributed by atoms with van der Waals surface area (Å²) in [5.74, 6) is -0.478. The second-order valence-electron chi connectivity index (χ2n) is 4.19. The van der Waals surface area contributed by atoms with E-state index in [9.17, 15) is 9.41 Å². The molecular formula is C10H11BFNO3. The molecule has 0 aliphatic carbocycles. The van der Waals surface area contributed by atoms with Gasteiger partial charge < -0.3 is 14.9 Å². The first-order valence-corrected chi connectivity index (χ1v) is 4.83. The van der Waals surface area contributed by atoms with Gasteiger partial charge in [0, 0.05) is 5.56 Å². The van der Waals surface area contributed by atoms with Crippen LogP contribution in [0.3, 0.4) is 0 Å². The third kappa shape index (κ3) is 1.60. The SMILES string of the molecule is CC1(C)OB(O)c2cc(C=NO)cc(F)c21. The quantitative estimate of drug-likeness (QED) is 0.317. The molecule has 1 aromatic rings. The van der Waals surface area contributed by atoms with E-state index in [4.69, 9.17) is 9.86 Å². The van der Waals surface area contributed by atoms with Gasteiger partial charge in [-0.1, -0.05) is 11.2 Å². The zero-order valence-electron chi connectivity index (χ0n) is 8.94. The smallest absolute Gasteiger partial charge is 0.423 e. The summed E-state index contributed by atoms with van der Waals surface area (Å²) in [7, 11) is -1.15. The van der Waals surface area contributed by atoms with Crippen molar-refractivity contribution in [2.45, 2.75) is 19.4 Å². The minimum Gasteiger partial charge on any atom is -0.423 e. The average molecular weight is 223 g/mol. The monoisotopic (exact) mass is 223 g/mol. The molecule has 0 amide bonds. The van der Waals surface area contributed by atoms with Crippen LogP contribution in [0.1, 0.15) is 25.0 Å². The van der Waals surface area contributed by atoms with Crippen molar-refractivity contribution in [3.63, 3.8) is 0 Å². The normalized spacial score (nSPS) is 18.1. The summed E-state index contributed by atoms with van der Waals surface area (Å²) < 4.78 is 19.1. The molecule has 84 valence electrons. The maximum absolute atomic E-state index is 13.8. The van der Waals surface area contributed by atoms with E-state index in [-0.39, 0.29) is 0 Å². The minimum absolute atomic E-state index is 0.343. The molecule has 1 aliphatic rings. The van der Waals surface area contributed by atoms with Crippen molar-refractivity contribution in [2.75, 3.05) is 0 Å². The fourth-order valence-corrected chi connectivity index (χ4v) is 2.02. The summed E-state index contributed by atoms with van der Waals surface area (Å²) in [5, 5.41) is 20.8. The molecule has 16 heavy (non-hydrogen) atoms. The van der Waals surface area contributed by atoms with Gasteiger partial charge in [0.1, 0.15) is 5.82 Å². The average Bonchev–Trinajstić information content (AvgIpc) is 2.37. The van der Waals surface area contributed by atoms with E-state index < -0.39 is 18.5 Å². The molecule has 2 N–H and O–H groups in total. The molecular weight excluding hydrogens is 212 g/mol. The Bertz CT molecular complexity index is 462. The Labute approximate surface area is 92.5 Å². The van der Waals surface area contributed by atoms with E-state index in [2.05, 4.69) is 5.16 Å². The van der Waals surface area contributed by atoms with Gasteiger partial charge in [-0.05, 0) is 30.9 Å². The van der Waals surface area contributed by atoms with Crippen LogP contribution in [0, 0.1) is 5.82 Å². The molecule has 0 saturated carbocycles. The summed E-state index contributed by atoms with van der Waals surface area (Å²) in [6, 6.07) is 2.78. The van der Waals surface area contributed by atoms with Crippen molar-refractivity contribution in [2.24, 2.45) is 5.16 Å². The highest BCUT2D eigenvalue weighted by atomic mass is 19.1. The van der Waals surface area contributed by atoms with Gasteiger partial charge in [-0.2, -0.15) is 0 Å². The second kappa shape index (κ2) is 3.57. The predicted octanol–water partition coefficient (Wildman–Crippen LogP) is 0.587. The molecule has 0 saturated heterocycles. The number of hydrogen-bond donors (Lipinski definition) is 2. The summed E-state index contributed by atoms with van der Waals surface area (Å²) in [4.78, 5) is 0. The van der Waals surface area contributed by atoms with Crippen LogP contribution in [0.25, 0.3) is 0 Å². The van der Waals surface area contributed by atoms with Gasteiger partial charge in [-0.15, -0.1) is 0 Å². The molecule has 0 aromatic heterocycles. The lowest BCUT2D eigenvalue weighted by Crippen LogP contribution is -2.29. The van der Waals surface area contributed by atoms with Crippen molar-refractivity contribution >= 4 is 18.8 Å². The molecule has 1 aromatic carbocycles. The van der Waals surface area contributed by atoms with Crippen LogP contribution in [0.15, 0.2) is 17.3 Å². The molecule has 0 radical (unpaired) electrons. The van der Waals surface area contributed by atoms with Crippen LogP contribution < -0.4 is 5.46 Å². The number of halogens is 1.